The molecule has 1 aliphatic heterocycles. The number of hydrogen-bond donors (Lipinski definition) is 0. The average Bonchev–Trinajstić information content (AvgIpc) is 3.92. The third-order valence-corrected chi connectivity index (χ3v) is 13.1. The van der Waals surface area contributed by atoms with Gasteiger partial charge in [-0.3, -0.25) is 0 Å². The summed E-state index contributed by atoms with van der Waals surface area (Å²) in [6.07, 6.45) is 1.86. The molecule has 0 unspecified atom stereocenters. The van der Waals surface area contributed by atoms with Gasteiger partial charge in [0.05, 0.1) is 16.5 Å². The maximum absolute atomic E-state index is 4.84. The van der Waals surface area contributed by atoms with Crippen LogP contribution in [0.4, 0.5) is 22.7 Å². The van der Waals surface area contributed by atoms with Crippen LogP contribution in [0.2, 0.25) is 0 Å². The molecule has 4 nitrogen and oxygen atoms in total. The molecule has 11 aromatic rings. The van der Waals surface area contributed by atoms with Crippen LogP contribution >= 0.6 is 0 Å². The fourth-order valence-electron chi connectivity index (χ4n) is 10.4. The standard InChI is InChI=1S/C61H43BN4.Pt/c1-41-36-42(2)59(43(3)37-41)62(48-32-33-54-53-26-12-13-29-55(53)66(57(54)39-48)58-30-14-15-35-63-58)47-23-16-24-49(38-47)64-40-65(61-52-25-11-10-22-46(52)31-34-56(61)64)60-50(44-18-6-4-7-19-44)27-17-28-51(60)45-20-8-5-9-21-45;/h4-37H,1-3H3;/q;+2. The van der Waals surface area contributed by atoms with E-state index in [1.165, 1.54) is 32.9 Å². The number of pyridine rings is 1. The molecule has 2 aromatic heterocycles. The van der Waals surface area contributed by atoms with Gasteiger partial charge in [-0.15, -0.1) is 11.5 Å². The van der Waals surface area contributed by atoms with Crippen molar-refractivity contribution in [1.82, 2.24) is 18.7 Å². The van der Waals surface area contributed by atoms with Crippen molar-refractivity contribution < 1.29 is 21.1 Å². The van der Waals surface area contributed by atoms with Gasteiger partial charge in [-0.05, 0) is 89.7 Å². The summed E-state index contributed by atoms with van der Waals surface area (Å²) in [5.41, 5.74) is 17.8. The molecule has 67 heavy (non-hydrogen) atoms. The van der Waals surface area contributed by atoms with Gasteiger partial charge in [-0.1, -0.05) is 160 Å². The predicted octanol–water partition coefficient (Wildman–Crippen LogP) is 12.6. The Hall–Kier alpha value is -7.68. The van der Waals surface area contributed by atoms with Crippen molar-refractivity contribution >= 4 is 84.4 Å². The second kappa shape index (κ2) is 17.3. The average molecular weight is 1040 g/mol. The summed E-state index contributed by atoms with van der Waals surface area (Å²) in [4.78, 5) is 4.84. The second-order valence-corrected chi connectivity index (χ2v) is 17.3. The first-order chi connectivity index (χ1) is 32.5. The van der Waals surface area contributed by atoms with E-state index in [2.05, 4.69) is 241 Å². The Morgan fingerprint density at radius 1 is 0.522 bits per heavy atom. The molecule has 0 saturated heterocycles. The molecule has 0 atom stereocenters. The molecule has 318 valence electrons. The van der Waals surface area contributed by atoms with E-state index >= 15 is 0 Å². The van der Waals surface area contributed by atoms with Crippen LogP contribution in [0.3, 0.4) is 0 Å². The molecule has 12 rings (SSSR count). The zero-order valence-corrected chi connectivity index (χ0v) is 39.6. The minimum absolute atomic E-state index is 0. The van der Waals surface area contributed by atoms with Gasteiger partial charge in [0.25, 0.3) is 5.69 Å². The first kappa shape index (κ1) is 42.0. The van der Waals surface area contributed by atoms with Crippen molar-refractivity contribution in [2.45, 2.75) is 20.8 Å². The van der Waals surface area contributed by atoms with Crippen molar-refractivity contribution in [3.63, 3.8) is 0 Å². The zero-order valence-electron chi connectivity index (χ0n) is 37.3. The molecule has 0 aliphatic carbocycles. The van der Waals surface area contributed by atoms with E-state index in [9.17, 15) is 0 Å². The molecule has 3 heterocycles. The fourth-order valence-corrected chi connectivity index (χ4v) is 10.4. The molecular weight excluding hydrogens is 995 g/mol. The van der Waals surface area contributed by atoms with Gasteiger partial charge in [0.15, 0.2) is 6.71 Å². The van der Waals surface area contributed by atoms with Crippen LogP contribution in [-0.4, -0.2) is 22.3 Å². The first-order valence-corrected chi connectivity index (χ1v) is 22.6. The Kier molecular flexibility index (Phi) is 10.8. The van der Waals surface area contributed by atoms with Crippen molar-refractivity contribution in [3.05, 3.63) is 235 Å². The van der Waals surface area contributed by atoms with Gasteiger partial charge >= 0.3 is 32.8 Å². The molecule has 0 N–H and O–H groups in total. The van der Waals surface area contributed by atoms with Crippen LogP contribution in [-0.2, 0) is 21.1 Å². The summed E-state index contributed by atoms with van der Waals surface area (Å²) in [5.74, 6) is 0.866. The molecular formula is C61H43BN4Pt+2. The topological polar surface area (TPSA) is 23.8 Å². The third kappa shape index (κ3) is 7.20. The number of hydrogen-bond acceptors (Lipinski definition) is 1. The maximum atomic E-state index is 4.84. The number of aryl methyl sites for hydroxylation is 3. The van der Waals surface area contributed by atoms with Crippen LogP contribution in [0, 0.1) is 32.9 Å². The molecule has 0 fully saturated rings. The van der Waals surface area contributed by atoms with E-state index in [-0.39, 0.29) is 27.8 Å². The summed E-state index contributed by atoms with van der Waals surface area (Å²) in [5, 5.41) is 4.64. The van der Waals surface area contributed by atoms with Crippen molar-refractivity contribution in [2.24, 2.45) is 0 Å². The van der Waals surface area contributed by atoms with E-state index in [1.54, 1.807) is 0 Å². The van der Waals surface area contributed by atoms with Gasteiger partial charge in [0.1, 0.15) is 11.5 Å². The Morgan fingerprint density at radius 2 is 1.16 bits per heavy atom. The second-order valence-electron chi connectivity index (χ2n) is 17.3. The Labute approximate surface area is 405 Å². The SMILES string of the molecule is Cc1cc(C)c(B(c2[c-]c([N+]3=C=[N+](c4c(-c5ccccc5)cccc4-c4ccccc4)c4c3ccc3ccccc43)ccc2)c2[c-]c3c(cc2)c2ccccc2n3-c2ccccn2)c(C)c1.[Pt+2]. The first-order valence-electron chi connectivity index (χ1n) is 22.6. The Balaban J connectivity index is 0.00000494. The molecule has 1 aliphatic rings. The molecule has 9 aromatic carbocycles. The van der Waals surface area contributed by atoms with Gasteiger partial charge < -0.3 is 4.57 Å². The van der Waals surface area contributed by atoms with E-state index in [1.807, 2.05) is 18.3 Å². The fraction of sp³-hybridized carbons (Fsp3) is 0.0492. The van der Waals surface area contributed by atoms with Crippen LogP contribution < -0.4 is 25.5 Å². The van der Waals surface area contributed by atoms with Crippen LogP contribution in [0.1, 0.15) is 16.7 Å². The molecule has 0 saturated carbocycles. The summed E-state index contributed by atoms with van der Waals surface area (Å²) >= 11 is 0. The summed E-state index contributed by atoms with van der Waals surface area (Å²) < 4.78 is 6.76. The summed E-state index contributed by atoms with van der Waals surface area (Å²) in [7, 11) is 0. The normalized spacial score (nSPS) is 11.9. The number of rotatable bonds is 8. The van der Waals surface area contributed by atoms with E-state index in [4.69, 9.17) is 4.98 Å². The van der Waals surface area contributed by atoms with Gasteiger partial charge in [-0.2, -0.15) is 41.3 Å². The van der Waals surface area contributed by atoms with E-state index < -0.39 is 0 Å². The molecule has 6 heteroatoms. The number of fused-ring (bicyclic) bond motifs is 6. The van der Waals surface area contributed by atoms with Gasteiger partial charge in [-0.25, -0.2) is 4.98 Å². The van der Waals surface area contributed by atoms with E-state index in [0.717, 1.165) is 83.6 Å². The monoisotopic (exact) mass is 1040 g/mol. The maximum Gasteiger partial charge on any atom is 2.00 e. The largest absolute Gasteiger partial charge is 2.00 e. The van der Waals surface area contributed by atoms with Crippen LogP contribution in [0.25, 0.3) is 60.6 Å². The Bertz CT molecular complexity index is 3700. The Morgan fingerprint density at radius 3 is 1.88 bits per heavy atom. The number of para-hydroxylation sites is 2. The zero-order chi connectivity index (χ0) is 44.3. The molecule has 0 bridgehead atoms. The molecule has 0 amide bonds. The predicted molar refractivity (Wildman–Crippen MR) is 277 cm³/mol. The van der Waals surface area contributed by atoms with Crippen LogP contribution in [0.5, 0.6) is 0 Å². The van der Waals surface area contributed by atoms with E-state index in [0.29, 0.717) is 0 Å². The van der Waals surface area contributed by atoms with Crippen molar-refractivity contribution in [3.8, 4) is 28.1 Å². The number of nitrogens with zero attached hydrogens (tertiary/aromatic N) is 4. The van der Waals surface area contributed by atoms with Crippen molar-refractivity contribution in [1.29, 1.82) is 0 Å². The van der Waals surface area contributed by atoms with Gasteiger partial charge in [0, 0.05) is 17.8 Å². The van der Waals surface area contributed by atoms with Gasteiger partial charge in [0.2, 0.25) is 5.69 Å². The summed E-state index contributed by atoms with van der Waals surface area (Å²) in [6.45, 7) is 6.49. The summed E-state index contributed by atoms with van der Waals surface area (Å²) in [6, 6.07) is 83.6. The number of aromatic nitrogens is 2. The van der Waals surface area contributed by atoms with Crippen molar-refractivity contribution in [2.75, 3.05) is 0 Å². The number of benzene rings is 9. The molecule has 0 radical (unpaired) electrons. The minimum atomic E-state index is -0.177. The quantitative estimate of drug-likeness (QED) is 0.0845. The smallest absolute Gasteiger partial charge is 0.319 e. The third-order valence-electron chi connectivity index (χ3n) is 13.1. The minimum Gasteiger partial charge on any atom is -0.319 e. The van der Waals surface area contributed by atoms with Crippen LogP contribution in [0.15, 0.2) is 206 Å². The molecule has 0 spiro atoms.